The number of halogens is 1. The maximum atomic E-state index is 11.8. The van der Waals surface area contributed by atoms with Crippen molar-refractivity contribution in [1.82, 2.24) is 4.90 Å². The van der Waals surface area contributed by atoms with E-state index in [1.165, 1.54) is 0 Å². The average Bonchev–Trinajstić information content (AvgIpc) is 2.30. The van der Waals surface area contributed by atoms with Gasteiger partial charge in [0.15, 0.2) is 0 Å². The fourth-order valence-corrected chi connectivity index (χ4v) is 2.28. The van der Waals surface area contributed by atoms with Gasteiger partial charge in [0.2, 0.25) is 5.91 Å². The molecular weight excluding hydrogens is 302 g/mol. The van der Waals surface area contributed by atoms with Gasteiger partial charge < -0.3 is 11.1 Å². The Morgan fingerprint density at radius 1 is 1.45 bits per heavy atom. The smallest absolute Gasteiger partial charge is 0.238 e. The molecule has 8 heteroatoms. The zero-order valence-electron chi connectivity index (χ0n) is 11.4. The van der Waals surface area contributed by atoms with Crippen molar-refractivity contribution in [3.8, 4) is 0 Å². The van der Waals surface area contributed by atoms with Crippen molar-refractivity contribution < 1.29 is 13.2 Å². The van der Waals surface area contributed by atoms with Crippen LogP contribution in [0.5, 0.6) is 0 Å². The number of nitrogens with zero attached hydrogens (tertiary/aromatic N) is 1. The Bertz CT molecular complexity index is 590. The Balaban J connectivity index is 2.53. The van der Waals surface area contributed by atoms with Gasteiger partial charge in [-0.2, -0.15) is 0 Å². The van der Waals surface area contributed by atoms with Gasteiger partial charge in [-0.1, -0.05) is 11.6 Å². The Morgan fingerprint density at radius 3 is 2.70 bits per heavy atom. The van der Waals surface area contributed by atoms with Crippen LogP contribution in [0.4, 0.5) is 11.4 Å². The summed E-state index contributed by atoms with van der Waals surface area (Å²) in [5.41, 5.74) is 6.55. The molecule has 20 heavy (non-hydrogen) atoms. The summed E-state index contributed by atoms with van der Waals surface area (Å²) in [6.45, 7) is 0.359. The number of hydrogen-bond acceptors (Lipinski definition) is 5. The van der Waals surface area contributed by atoms with Crippen LogP contribution in [0.25, 0.3) is 0 Å². The number of carbonyl (C=O) groups is 1. The molecule has 0 spiro atoms. The maximum absolute atomic E-state index is 11.8. The highest BCUT2D eigenvalue weighted by Crippen LogP contribution is 2.23. The van der Waals surface area contributed by atoms with Crippen molar-refractivity contribution in [1.29, 1.82) is 0 Å². The lowest BCUT2D eigenvalue weighted by atomic mass is 10.3. The van der Waals surface area contributed by atoms with E-state index >= 15 is 0 Å². The van der Waals surface area contributed by atoms with Gasteiger partial charge in [-0.15, -0.1) is 0 Å². The fourth-order valence-electron chi connectivity index (χ4n) is 1.47. The van der Waals surface area contributed by atoms with Crippen molar-refractivity contribution in [3.05, 3.63) is 23.2 Å². The van der Waals surface area contributed by atoms with Gasteiger partial charge in [0, 0.05) is 18.5 Å². The van der Waals surface area contributed by atoms with Gasteiger partial charge in [-0.25, -0.2) is 8.42 Å². The molecule has 1 amide bonds. The monoisotopic (exact) mass is 319 g/mol. The maximum Gasteiger partial charge on any atom is 0.238 e. The molecule has 0 aliphatic rings. The van der Waals surface area contributed by atoms with Crippen LogP contribution in [0.15, 0.2) is 18.2 Å². The summed E-state index contributed by atoms with van der Waals surface area (Å²) < 4.78 is 22.1. The van der Waals surface area contributed by atoms with Crippen LogP contribution >= 0.6 is 11.6 Å². The predicted molar refractivity (Wildman–Crippen MR) is 81.7 cm³/mol. The number of hydrogen-bond donors (Lipinski definition) is 2. The van der Waals surface area contributed by atoms with Crippen LogP contribution in [0.3, 0.4) is 0 Å². The average molecular weight is 320 g/mol. The van der Waals surface area contributed by atoms with Crippen LogP contribution < -0.4 is 11.1 Å². The molecule has 0 heterocycles. The summed E-state index contributed by atoms with van der Waals surface area (Å²) in [7, 11) is -1.36. The fraction of sp³-hybridized carbons (Fsp3) is 0.417. The first-order valence-corrected chi connectivity index (χ1v) is 8.32. The van der Waals surface area contributed by atoms with Gasteiger partial charge in [-0.3, -0.25) is 9.69 Å². The van der Waals surface area contributed by atoms with E-state index in [1.54, 1.807) is 30.1 Å². The van der Waals surface area contributed by atoms with E-state index in [-0.39, 0.29) is 24.7 Å². The van der Waals surface area contributed by atoms with Crippen LogP contribution in [0, 0.1) is 0 Å². The molecule has 0 radical (unpaired) electrons. The summed E-state index contributed by atoms with van der Waals surface area (Å²) in [5, 5.41) is 3.03. The second-order valence-electron chi connectivity index (χ2n) is 4.66. The minimum Gasteiger partial charge on any atom is -0.399 e. The highest BCUT2D eigenvalue weighted by atomic mass is 35.5. The largest absolute Gasteiger partial charge is 0.399 e. The number of nitrogens with one attached hydrogen (secondary N) is 1. The third-order valence-electron chi connectivity index (χ3n) is 2.52. The summed E-state index contributed by atoms with van der Waals surface area (Å²) in [4.78, 5) is 13.4. The first-order chi connectivity index (χ1) is 9.17. The Labute approximate surface area is 123 Å². The van der Waals surface area contributed by atoms with Gasteiger partial charge in [-0.05, 0) is 25.2 Å². The predicted octanol–water partition coefficient (Wildman–Crippen LogP) is 0.837. The quantitative estimate of drug-likeness (QED) is 0.758. The lowest BCUT2D eigenvalue weighted by Crippen LogP contribution is -2.33. The molecular formula is C12H18ClN3O3S. The van der Waals surface area contributed by atoms with Crippen LogP contribution in [-0.2, 0) is 14.6 Å². The van der Waals surface area contributed by atoms with Crippen LogP contribution in [0.1, 0.15) is 0 Å². The van der Waals surface area contributed by atoms with E-state index in [9.17, 15) is 13.2 Å². The molecule has 3 N–H and O–H groups in total. The Kier molecular flexibility index (Phi) is 5.79. The number of amides is 1. The van der Waals surface area contributed by atoms with Crippen molar-refractivity contribution in [2.75, 3.05) is 43.2 Å². The van der Waals surface area contributed by atoms with E-state index in [1.807, 2.05) is 0 Å². The summed E-state index contributed by atoms with van der Waals surface area (Å²) >= 11 is 5.93. The molecule has 0 atom stereocenters. The number of benzene rings is 1. The van der Waals surface area contributed by atoms with E-state index in [0.29, 0.717) is 16.4 Å². The molecule has 0 aliphatic heterocycles. The molecule has 1 rings (SSSR count). The summed E-state index contributed by atoms with van der Waals surface area (Å²) in [6, 6.07) is 4.80. The minimum absolute atomic E-state index is 0.00974. The summed E-state index contributed by atoms with van der Waals surface area (Å²) in [6.07, 6.45) is 1.16. The van der Waals surface area contributed by atoms with Crippen molar-refractivity contribution >= 4 is 38.7 Å². The van der Waals surface area contributed by atoms with E-state index in [4.69, 9.17) is 17.3 Å². The first kappa shape index (κ1) is 16.7. The molecule has 0 fully saturated rings. The van der Waals surface area contributed by atoms with E-state index < -0.39 is 9.84 Å². The van der Waals surface area contributed by atoms with E-state index in [0.717, 1.165) is 6.26 Å². The molecule has 0 saturated carbocycles. The van der Waals surface area contributed by atoms with Gasteiger partial charge in [0.25, 0.3) is 0 Å². The minimum atomic E-state index is -3.04. The van der Waals surface area contributed by atoms with Gasteiger partial charge >= 0.3 is 0 Å². The number of nitrogen functional groups attached to an aromatic ring is 1. The second kappa shape index (κ2) is 6.92. The second-order valence-corrected chi connectivity index (χ2v) is 7.32. The molecule has 0 bridgehead atoms. The lowest BCUT2D eigenvalue weighted by Gasteiger charge is -2.16. The third-order valence-corrected chi connectivity index (χ3v) is 3.78. The van der Waals surface area contributed by atoms with Crippen molar-refractivity contribution in [2.45, 2.75) is 0 Å². The molecule has 1 aromatic carbocycles. The number of anilines is 2. The Hall–Kier alpha value is -1.31. The van der Waals surface area contributed by atoms with Gasteiger partial charge in [0.05, 0.1) is 23.0 Å². The van der Waals surface area contributed by atoms with Crippen LogP contribution in [0.2, 0.25) is 5.02 Å². The number of rotatable bonds is 6. The third kappa shape index (κ3) is 6.23. The van der Waals surface area contributed by atoms with Crippen molar-refractivity contribution in [2.24, 2.45) is 0 Å². The molecule has 0 aliphatic carbocycles. The molecule has 112 valence electrons. The summed E-state index contributed by atoms with van der Waals surface area (Å²) in [5.74, 6) is -0.274. The number of carbonyl (C=O) groups excluding carboxylic acids is 1. The SMILES string of the molecule is CN(CCS(C)(=O)=O)CC(=O)Nc1cc(N)ccc1Cl. The zero-order chi connectivity index (χ0) is 15.3. The Morgan fingerprint density at radius 2 is 2.10 bits per heavy atom. The zero-order valence-corrected chi connectivity index (χ0v) is 13.0. The lowest BCUT2D eigenvalue weighted by molar-refractivity contribution is -0.117. The highest BCUT2D eigenvalue weighted by Gasteiger charge is 2.11. The van der Waals surface area contributed by atoms with Crippen LogP contribution in [-0.4, -0.2) is 51.4 Å². The normalized spacial score (nSPS) is 11.6. The molecule has 0 saturated heterocycles. The van der Waals surface area contributed by atoms with Crippen molar-refractivity contribution in [3.63, 3.8) is 0 Å². The standard InChI is InChI=1S/C12H18ClN3O3S/c1-16(5-6-20(2,18)19)8-12(17)15-11-7-9(14)3-4-10(11)13/h3-4,7H,5-6,8,14H2,1-2H3,(H,15,17). The molecule has 0 unspecified atom stereocenters. The van der Waals surface area contributed by atoms with E-state index in [2.05, 4.69) is 5.32 Å². The van der Waals surface area contributed by atoms with Gasteiger partial charge in [0.1, 0.15) is 9.84 Å². The highest BCUT2D eigenvalue weighted by molar-refractivity contribution is 7.90. The number of likely N-dealkylation sites (N-methyl/N-ethyl adjacent to an activating group) is 1. The first-order valence-electron chi connectivity index (χ1n) is 5.88. The molecule has 6 nitrogen and oxygen atoms in total. The molecule has 1 aromatic rings. The molecule has 0 aromatic heterocycles. The number of nitrogens with two attached hydrogens (primary N) is 1. The number of sulfone groups is 1. The topological polar surface area (TPSA) is 92.5 Å².